The summed E-state index contributed by atoms with van der Waals surface area (Å²) in [6.07, 6.45) is 1.68. The average molecular weight is 292 g/mol. The maximum atomic E-state index is 13.3. The number of aromatic nitrogens is 3. The van der Waals surface area contributed by atoms with Crippen LogP contribution in [0.5, 0.6) is 0 Å². The van der Waals surface area contributed by atoms with Gasteiger partial charge < -0.3 is 5.73 Å². The van der Waals surface area contributed by atoms with Crippen molar-refractivity contribution < 1.29 is 9.18 Å². The van der Waals surface area contributed by atoms with Crippen LogP contribution in [0.2, 0.25) is 0 Å². The summed E-state index contributed by atoms with van der Waals surface area (Å²) in [4.78, 5) is 10.8. The zero-order valence-electron chi connectivity index (χ0n) is 10.6. The first-order valence-corrected chi connectivity index (χ1v) is 6.81. The standard InChI is InChI=1S/C13H13FN4OS/c1-2-6-18-12(9-4-3-5-10(14)7-9)16-17-13(18)20-8-11(15)19/h2-5,7H,1,6,8H2,(H2,15,19). The van der Waals surface area contributed by atoms with Crippen molar-refractivity contribution in [3.8, 4) is 11.4 Å². The second-order valence-corrected chi connectivity index (χ2v) is 4.91. The normalized spacial score (nSPS) is 10.4. The molecule has 0 radical (unpaired) electrons. The lowest BCUT2D eigenvalue weighted by atomic mass is 10.2. The molecule has 7 heteroatoms. The number of halogens is 1. The zero-order valence-corrected chi connectivity index (χ0v) is 11.4. The number of hydrogen-bond acceptors (Lipinski definition) is 4. The van der Waals surface area contributed by atoms with Crippen molar-refractivity contribution in [1.82, 2.24) is 14.8 Å². The van der Waals surface area contributed by atoms with Crippen molar-refractivity contribution in [3.05, 3.63) is 42.7 Å². The van der Waals surface area contributed by atoms with Gasteiger partial charge in [-0.2, -0.15) is 0 Å². The first kappa shape index (κ1) is 14.3. The van der Waals surface area contributed by atoms with Gasteiger partial charge in [-0.15, -0.1) is 16.8 Å². The van der Waals surface area contributed by atoms with E-state index in [1.54, 1.807) is 22.8 Å². The van der Waals surface area contributed by atoms with Crippen LogP contribution in [0.4, 0.5) is 4.39 Å². The second-order valence-electron chi connectivity index (χ2n) is 3.97. The van der Waals surface area contributed by atoms with Crippen molar-refractivity contribution in [3.63, 3.8) is 0 Å². The van der Waals surface area contributed by atoms with Gasteiger partial charge in [-0.05, 0) is 12.1 Å². The molecule has 2 N–H and O–H groups in total. The summed E-state index contributed by atoms with van der Waals surface area (Å²) in [5.74, 6) is -0.146. The fraction of sp³-hybridized carbons (Fsp3) is 0.154. The SMILES string of the molecule is C=CCn1c(SCC(N)=O)nnc1-c1cccc(F)c1. The number of carbonyl (C=O) groups excluding carboxylic acids is 1. The van der Waals surface area contributed by atoms with Crippen molar-refractivity contribution in [2.45, 2.75) is 11.7 Å². The van der Waals surface area contributed by atoms with Crippen LogP contribution in [0.15, 0.2) is 42.1 Å². The van der Waals surface area contributed by atoms with Gasteiger partial charge in [0, 0.05) is 12.1 Å². The minimum absolute atomic E-state index is 0.110. The monoisotopic (exact) mass is 292 g/mol. The molecular weight excluding hydrogens is 279 g/mol. The number of hydrogen-bond donors (Lipinski definition) is 1. The minimum Gasteiger partial charge on any atom is -0.369 e. The average Bonchev–Trinajstić information content (AvgIpc) is 2.80. The fourth-order valence-corrected chi connectivity index (χ4v) is 2.35. The highest BCUT2D eigenvalue weighted by molar-refractivity contribution is 7.99. The largest absolute Gasteiger partial charge is 0.369 e. The van der Waals surface area contributed by atoms with E-state index < -0.39 is 5.91 Å². The van der Waals surface area contributed by atoms with Crippen LogP contribution >= 0.6 is 11.8 Å². The number of amides is 1. The third-order valence-electron chi connectivity index (χ3n) is 2.45. The minimum atomic E-state index is -0.435. The molecule has 0 aliphatic rings. The topological polar surface area (TPSA) is 73.8 Å². The van der Waals surface area contributed by atoms with Gasteiger partial charge in [-0.3, -0.25) is 9.36 Å². The first-order valence-electron chi connectivity index (χ1n) is 5.83. The predicted octanol–water partition coefficient (Wildman–Crippen LogP) is 1.85. The molecule has 0 unspecified atom stereocenters. The van der Waals surface area contributed by atoms with Gasteiger partial charge in [-0.1, -0.05) is 30.0 Å². The van der Waals surface area contributed by atoms with Crippen molar-refractivity contribution >= 4 is 17.7 Å². The smallest absolute Gasteiger partial charge is 0.227 e. The third-order valence-corrected chi connectivity index (χ3v) is 3.44. The number of primary amides is 1. The van der Waals surface area contributed by atoms with E-state index >= 15 is 0 Å². The van der Waals surface area contributed by atoms with Gasteiger partial charge in [0.2, 0.25) is 5.91 Å². The fourth-order valence-electron chi connectivity index (χ4n) is 1.67. The molecule has 1 aromatic carbocycles. The molecule has 1 aromatic heterocycles. The van der Waals surface area contributed by atoms with E-state index in [1.807, 2.05) is 0 Å². The number of nitrogens with two attached hydrogens (primary N) is 1. The molecule has 0 saturated carbocycles. The Morgan fingerprint density at radius 1 is 1.50 bits per heavy atom. The highest BCUT2D eigenvalue weighted by atomic mass is 32.2. The predicted molar refractivity (Wildman–Crippen MR) is 75.5 cm³/mol. The number of rotatable bonds is 6. The Bertz CT molecular complexity index is 641. The van der Waals surface area contributed by atoms with Gasteiger partial charge >= 0.3 is 0 Å². The molecular formula is C13H13FN4OS. The molecule has 1 heterocycles. The summed E-state index contributed by atoms with van der Waals surface area (Å²) < 4.78 is 15.0. The molecule has 5 nitrogen and oxygen atoms in total. The lowest BCUT2D eigenvalue weighted by Crippen LogP contribution is -2.13. The maximum Gasteiger partial charge on any atom is 0.227 e. The van der Waals surface area contributed by atoms with Crippen LogP contribution in [0.1, 0.15) is 0 Å². The molecule has 0 bridgehead atoms. The summed E-state index contributed by atoms with van der Waals surface area (Å²) in [5, 5.41) is 8.60. The highest BCUT2D eigenvalue weighted by Crippen LogP contribution is 2.24. The van der Waals surface area contributed by atoms with Crippen LogP contribution in [0, 0.1) is 5.82 Å². The summed E-state index contributed by atoms with van der Waals surface area (Å²) in [5.41, 5.74) is 5.73. The van der Waals surface area contributed by atoms with E-state index in [9.17, 15) is 9.18 Å². The molecule has 20 heavy (non-hydrogen) atoms. The lowest BCUT2D eigenvalue weighted by molar-refractivity contribution is -0.115. The van der Waals surface area contributed by atoms with Crippen LogP contribution in [-0.4, -0.2) is 26.4 Å². The van der Waals surface area contributed by atoms with Crippen LogP contribution in [0.3, 0.4) is 0 Å². The summed E-state index contributed by atoms with van der Waals surface area (Å²) >= 11 is 1.19. The van der Waals surface area contributed by atoms with Gasteiger partial charge in [-0.25, -0.2) is 4.39 Å². The Balaban J connectivity index is 2.38. The van der Waals surface area contributed by atoms with Crippen LogP contribution < -0.4 is 5.73 Å². The van der Waals surface area contributed by atoms with Crippen molar-refractivity contribution in [2.75, 3.05) is 5.75 Å². The first-order chi connectivity index (χ1) is 9.61. The Morgan fingerprint density at radius 3 is 2.95 bits per heavy atom. The number of carbonyl (C=O) groups is 1. The summed E-state index contributed by atoms with van der Waals surface area (Å²) in [6.45, 7) is 4.13. The Kier molecular flexibility index (Phi) is 4.52. The Hall–Kier alpha value is -2.15. The van der Waals surface area contributed by atoms with E-state index in [4.69, 9.17) is 5.73 Å². The quantitative estimate of drug-likeness (QED) is 0.651. The molecule has 0 atom stereocenters. The summed E-state index contributed by atoms with van der Waals surface area (Å²) in [7, 11) is 0. The van der Waals surface area contributed by atoms with E-state index in [0.29, 0.717) is 23.1 Å². The second kappa shape index (κ2) is 6.33. The van der Waals surface area contributed by atoms with E-state index in [1.165, 1.54) is 23.9 Å². The van der Waals surface area contributed by atoms with Gasteiger partial charge in [0.15, 0.2) is 11.0 Å². The summed E-state index contributed by atoms with van der Waals surface area (Å²) in [6, 6.07) is 6.09. The molecule has 0 fully saturated rings. The molecule has 0 aliphatic carbocycles. The van der Waals surface area contributed by atoms with E-state index in [-0.39, 0.29) is 11.6 Å². The van der Waals surface area contributed by atoms with E-state index in [0.717, 1.165) is 0 Å². The number of benzene rings is 1. The molecule has 0 aliphatic heterocycles. The number of nitrogens with zero attached hydrogens (tertiary/aromatic N) is 3. The molecule has 104 valence electrons. The van der Waals surface area contributed by atoms with Crippen molar-refractivity contribution in [1.29, 1.82) is 0 Å². The zero-order chi connectivity index (χ0) is 14.5. The van der Waals surface area contributed by atoms with Crippen molar-refractivity contribution in [2.24, 2.45) is 5.73 Å². The maximum absolute atomic E-state index is 13.3. The highest BCUT2D eigenvalue weighted by Gasteiger charge is 2.14. The molecule has 2 aromatic rings. The number of thioether (sulfide) groups is 1. The van der Waals surface area contributed by atoms with E-state index in [2.05, 4.69) is 16.8 Å². The Morgan fingerprint density at radius 2 is 2.30 bits per heavy atom. The lowest BCUT2D eigenvalue weighted by Gasteiger charge is -2.07. The van der Waals surface area contributed by atoms with Crippen LogP contribution in [-0.2, 0) is 11.3 Å². The Labute approximate surface area is 119 Å². The third kappa shape index (κ3) is 3.24. The molecule has 2 rings (SSSR count). The molecule has 1 amide bonds. The molecule has 0 spiro atoms. The van der Waals surface area contributed by atoms with Gasteiger partial charge in [0.1, 0.15) is 5.82 Å². The number of allylic oxidation sites excluding steroid dienone is 1. The van der Waals surface area contributed by atoms with Crippen LogP contribution in [0.25, 0.3) is 11.4 Å². The van der Waals surface area contributed by atoms with Gasteiger partial charge in [0.25, 0.3) is 0 Å². The molecule has 0 saturated heterocycles. The van der Waals surface area contributed by atoms with Gasteiger partial charge in [0.05, 0.1) is 5.75 Å².